The van der Waals surface area contributed by atoms with Gasteiger partial charge in [-0.3, -0.25) is 0 Å². The van der Waals surface area contributed by atoms with Crippen molar-refractivity contribution in [1.82, 2.24) is 0 Å². The minimum absolute atomic E-state index is 0.733. The second kappa shape index (κ2) is 3.58. The topological polar surface area (TPSA) is 38.5 Å². The first-order valence-electron chi connectivity index (χ1n) is 5.97. The molecule has 1 saturated heterocycles. The average Bonchev–Trinajstić information content (AvgIpc) is 2.89. The van der Waals surface area contributed by atoms with Gasteiger partial charge in [-0.1, -0.05) is 0 Å². The predicted molar refractivity (Wildman–Crippen MR) is 65.9 cm³/mol. The molecule has 2 N–H and O–H groups in total. The fourth-order valence-corrected chi connectivity index (χ4v) is 3.13. The van der Waals surface area contributed by atoms with Crippen molar-refractivity contribution in [3.05, 3.63) is 18.2 Å². The lowest BCUT2D eigenvalue weighted by Gasteiger charge is -2.29. The molecule has 0 amide bonds. The van der Waals surface area contributed by atoms with Gasteiger partial charge in [0.05, 0.1) is 7.11 Å². The standard InChI is InChI=1S/C13H18N2O/c1-16-13-6-10(14)5-12(7-13)15-8-9-2-3-11(15)4-9/h5-7,9,11H,2-4,8,14H2,1H3. The molecule has 2 bridgehead atoms. The molecule has 0 spiro atoms. The predicted octanol–water partition coefficient (Wildman–Crippen LogP) is 2.27. The van der Waals surface area contributed by atoms with Crippen LogP contribution < -0.4 is 15.4 Å². The Balaban J connectivity index is 1.91. The molecule has 2 atom stereocenters. The summed E-state index contributed by atoms with van der Waals surface area (Å²) in [5.74, 6) is 1.76. The van der Waals surface area contributed by atoms with Crippen LogP contribution in [0.5, 0.6) is 5.75 Å². The fraction of sp³-hybridized carbons (Fsp3) is 0.538. The van der Waals surface area contributed by atoms with Gasteiger partial charge in [-0.05, 0) is 31.2 Å². The van der Waals surface area contributed by atoms with Gasteiger partial charge in [0.2, 0.25) is 0 Å². The summed E-state index contributed by atoms with van der Waals surface area (Å²) in [5.41, 5.74) is 7.91. The lowest BCUT2D eigenvalue weighted by atomic mass is 10.1. The van der Waals surface area contributed by atoms with Crippen molar-refractivity contribution in [2.24, 2.45) is 5.92 Å². The first kappa shape index (κ1) is 9.82. The maximum absolute atomic E-state index is 5.89. The van der Waals surface area contributed by atoms with Crippen LogP contribution in [-0.4, -0.2) is 19.7 Å². The van der Waals surface area contributed by atoms with Crippen LogP contribution in [0.2, 0.25) is 0 Å². The van der Waals surface area contributed by atoms with Crippen LogP contribution in [0.15, 0.2) is 18.2 Å². The van der Waals surface area contributed by atoms with Crippen molar-refractivity contribution in [2.75, 3.05) is 24.3 Å². The highest BCUT2D eigenvalue weighted by molar-refractivity contribution is 5.61. The van der Waals surface area contributed by atoms with Crippen molar-refractivity contribution < 1.29 is 4.74 Å². The van der Waals surface area contributed by atoms with E-state index < -0.39 is 0 Å². The maximum Gasteiger partial charge on any atom is 0.122 e. The Morgan fingerprint density at radius 3 is 2.81 bits per heavy atom. The highest BCUT2D eigenvalue weighted by Gasteiger charge is 2.37. The molecule has 3 nitrogen and oxygen atoms in total. The lowest BCUT2D eigenvalue weighted by Crippen LogP contribution is -2.31. The second-order valence-corrected chi connectivity index (χ2v) is 4.95. The molecule has 1 aliphatic carbocycles. The fourth-order valence-electron chi connectivity index (χ4n) is 3.13. The number of ether oxygens (including phenoxy) is 1. The smallest absolute Gasteiger partial charge is 0.122 e. The summed E-state index contributed by atoms with van der Waals surface area (Å²) < 4.78 is 5.27. The number of nitrogens with zero attached hydrogens (tertiary/aromatic N) is 1. The van der Waals surface area contributed by atoms with E-state index in [9.17, 15) is 0 Å². The zero-order valence-electron chi connectivity index (χ0n) is 9.65. The molecule has 3 heteroatoms. The average molecular weight is 218 g/mol. The largest absolute Gasteiger partial charge is 0.497 e. The normalized spacial score (nSPS) is 27.4. The van der Waals surface area contributed by atoms with E-state index in [2.05, 4.69) is 17.0 Å². The Bertz CT molecular complexity index is 405. The molecule has 2 fully saturated rings. The molecule has 1 aromatic carbocycles. The Hall–Kier alpha value is -1.38. The van der Waals surface area contributed by atoms with E-state index in [-0.39, 0.29) is 0 Å². The summed E-state index contributed by atoms with van der Waals surface area (Å²) in [5, 5.41) is 0. The Morgan fingerprint density at radius 1 is 1.31 bits per heavy atom. The van der Waals surface area contributed by atoms with E-state index in [0.29, 0.717) is 0 Å². The number of nitrogen functional groups attached to an aromatic ring is 1. The number of hydrogen-bond donors (Lipinski definition) is 1. The number of benzene rings is 1. The minimum atomic E-state index is 0.733. The monoisotopic (exact) mass is 218 g/mol. The van der Waals surface area contributed by atoms with Gasteiger partial charge >= 0.3 is 0 Å². The third kappa shape index (κ3) is 1.51. The van der Waals surface area contributed by atoms with E-state index in [1.54, 1.807) is 7.11 Å². The van der Waals surface area contributed by atoms with Crippen molar-refractivity contribution in [2.45, 2.75) is 25.3 Å². The molecule has 16 heavy (non-hydrogen) atoms. The zero-order chi connectivity index (χ0) is 11.1. The summed E-state index contributed by atoms with van der Waals surface area (Å²) in [6.07, 6.45) is 4.10. The van der Waals surface area contributed by atoms with Crippen LogP contribution in [0.3, 0.4) is 0 Å². The molecule has 3 rings (SSSR count). The summed E-state index contributed by atoms with van der Waals surface area (Å²) in [6.45, 7) is 1.19. The van der Waals surface area contributed by atoms with Crippen LogP contribution in [0.4, 0.5) is 11.4 Å². The van der Waals surface area contributed by atoms with Crippen LogP contribution in [-0.2, 0) is 0 Å². The van der Waals surface area contributed by atoms with Crippen molar-refractivity contribution in [3.63, 3.8) is 0 Å². The number of fused-ring (bicyclic) bond motifs is 2. The summed E-state index contributed by atoms with van der Waals surface area (Å²) >= 11 is 0. The van der Waals surface area contributed by atoms with Gasteiger partial charge in [0.15, 0.2) is 0 Å². The van der Waals surface area contributed by atoms with E-state index in [4.69, 9.17) is 10.5 Å². The molecule has 0 aromatic heterocycles. The van der Waals surface area contributed by atoms with Crippen LogP contribution in [0.25, 0.3) is 0 Å². The Morgan fingerprint density at radius 2 is 2.19 bits per heavy atom. The van der Waals surface area contributed by atoms with Crippen molar-refractivity contribution in [3.8, 4) is 5.75 Å². The van der Waals surface area contributed by atoms with E-state index in [1.807, 2.05) is 6.07 Å². The van der Waals surface area contributed by atoms with Gasteiger partial charge in [0.25, 0.3) is 0 Å². The second-order valence-electron chi connectivity index (χ2n) is 4.95. The molecule has 1 saturated carbocycles. The van der Waals surface area contributed by atoms with E-state index in [0.717, 1.165) is 23.4 Å². The quantitative estimate of drug-likeness (QED) is 0.774. The molecule has 1 aromatic rings. The van der Waals surface area contributed by atoms with Gasteiger partial charge in [-0.2, -0.15) is 0 Å². The molecule has 1 aliphatic heterocycles. The van der Waals surface area contributed by atoms with Gasteiger partial charge in [-0.15, -0.1) is 0 Å². The van der Waals surface area contributed by atoms with E-state index >= 15 is 0 Å². The number of anilines is 2. The highest BCUT2D eigenvalue weighted by Crippen LogP contribution is 2.41. The van der Waals surface area contributed by atoms with Crippen molar-refractivity contribution >= 4 is 11.4 Å². The first-order valence-corrected chi connectivity index (χ1v) is 5.97. The summed E-state index contributed by atoms with van der Waals surface area (Å²) in [6, 6.07) is 6.76. The number of nitrogens with two attached hydrogens (primary N) is 1. The lowest BCUT2D eigenvalue weighted by molar-refractivity contribution is 0.415. The third-order valence-corrected chi connectivity index (χ3v) is 3.89. The van der Waals surface area contributed by atoms with Gasteiger partial charge in [0.1, 0.15) is 5.75 Å². The number of rotatable bonds is 2. The molecule has 86 valence electrons. The zero-order valence-corrected chi connectivity index (χ0v) is 9.65. The first-order chi connectivity index (χ1) is 7.76. The van der Waals surface area contributed by atoms with Crippen molar-refractivity contribution in [1.29, 1.82) is 0 Å². The van der Waals surface area contributed by atoms with Gasteiger partial charge in [-0.25, -0.2) is 0 Å². The maximum atomic E-state index is 5.89. The Kier molecular flexibility index (Phi) is 2.20. The molecule has 0 radical (unpaired) electrons. The number of methoxy groups -OCH3 is 1. The molecular formula is C13H18N2O. The molecule has 1 heterocycles. The van der Waals surface area contributed by atoms with Crippen LogP contribution >= 0.6 is 0 Å². The molecular weight excluding hydrogens is 200 g/mol. The van der Waals surface area contributed by atoms with Gasteiger partial charge < -0.3 is 15.4 Å². The minimum Gasteiger partial charge on any atom is -0.497 e. The molecule has 2 unspecified atom stereocenters. The number of piperidine rings is 1. The SMILES string of the molecule is COc1cc(N)cc(N2CC3CCC2C3)c1. The van der Waals surface area contributed by atoms with Crippen LogP contribution in [0.1, 0.15) is 19.3 Å². The summed E-state index contributed by atoms with van der Waals surface area (Å²) in [7, 11) is 1.69. The Labute approximate surface area is 96.2 Å². The van der Waals surface area contributed by atoms with Gasteiger partial charge in [0, 0.05) is 36.1 Å². The van der Waals surface area contributed by atoms with Crippen LogP contribution in [0, 0.1) is 5.92 Å². The highest BCUT2D eigenvalue weighted by atomic mass is 16.5. The number of hydrogen-bond acceptors (Lipinski definition) is 3. The van der Waals surface area contributed by atoms with E-state index in [1.165, 1.54) is 31.5 Å². The molecule has 2 aliphatic rings. The third-order valence-electron chi connectivity index (χ3n) is 3.89. The summed E-state index contributed by atoms with van der Waals surface area (Å²) in [4.78, 5) is 2.49.